The monoisotopic (exact) mass is 509 g/mol. The first-order chi connectivity index (χ1) is 15.6. The number of rotatable bonds is 4. The highest BCUT2D eigenvalue weighted by Gasteiger charge is 2.67. The summed E-state index contributed by atoms with van der Waals surface area (Å²) < 4.78 is 104. The van der Waals surface area contributed by atoms with Gasteiger partial charge < -0.3 is 10.2 Å². The zero-order chi connectivity index (χ0) is 25.1. The van der Waals surface area contributed by atoms with Crippen molar-refractivity contribution in [3.63, 3.8) is 0 Å². The van der Waals surface area contributed by atoms with Crippen LogP contribution in [0.5, 0.6) is 0 Å². The number of carbonyl (C=O) groups is 1. The van der Waals surface area contributed by atoms with Crippen molar-refractivity contribution >= 4 is 27.4 Å². The summed E-state index contributed by atoms with van der Waals surface area (Å²) in [5.41, 5.74) is -4.03. The van der Waals surface area contributed by atoms with Crippen molar-refractivity contribution in [2.75, 3.05) is 23.3 Å². The first kappa shape index (κ1) is 24.2. The van der Waals surface area contributed by atoms with E-state index in [4.69, 9.17) is 5.14 Å². The molecular weight excluding hydrogens is 492 g/mol. The number of alkyl halides is 6. The number of amides is 1. The number of fused-ring (bicyclic) bond motifs is 1. The van der Waals surface area contributed by atoms with Gasteiger partial charge in [0.1, 0.15) is 5.82 Å². The maximum atomic E-state index is 13.7. The van der Waals surface area contributed by atoms with Crippen LogP contribution >= 0.6 is 0 Å². The summed E-state index contributed by atoms with van der Waals surface area (Å²) >= 11 is 0. The van der Waals surface area contributed by atoms with E-state index in [9.17, 15) is 39.6 Å². The van der Waals surface area contributed by atoms with Crippen molar-refractivity contribution < 1.29 is 39.6 Å². The fourth-order valence-corrected chi connectivity index (χ4v) is 4.84. The lowest BCUT2D eigenvalue weighted by Gasteiger charge is -2.44. The average Bonchev–Trinajstić information content (AvgIpc) is 2.97. The number of primary sulfonamides is 1. The lowest BCUT2D eigenvalue weighted by atomic mass is 9.61. The van der Waals surface area contributed by atoms with Crippen molar-refractivity contribution in [2.45, 2.75) is 30.2 Å². The van der Waals surface area contributed by atoms with E-state index >= 15 is 0 Å². The third-order valence-corrected chi connectivity index (χ3v) is 7.03. The molecule has 2 aromatic heterocycles. The third-order valence-electron chi connectivity index (χ3n) is 6.22. The highest BCUT2D eigenvalue weighted by Crippen LogP contribution is 2.61. The van der Waals surface area contributed by atoms with E-state index < -0.39 is 62.3 Å². The van der Waals surface area contributed by atoms with Crippen molar-refractivity contribution in [3.05, 3.63) is 41.7 Å². The molecule has 2 aromatic rings. The quantitative estimate of drug-likeness (QED) is 0.612. The molecule has 0 radical (unpaired) electrons. The summed E-state index contributed by atoms with van der Waals surface area (Å²) in [4.78, 5) is 21.3. The van der Waals surface area contributed by atoms with Crippen molar-refractivity contribution in [2.24, 2.45) is 16.5 Å². The molecule has 0 bridgehead atoms. The molecular formula is C19H17F6N5O3S. The molecule has 0 aromatic carbocycles. The SMILES string of the molecule is NS(=O)(=O)c1cc(NC(=O)c2cc(C(F)(F)F)cnc2N2C[C@H]3CC[C@@]3(C(F)(F)F)C2)ccn1. The van der Waals surface area contributed by atoms with E-state index in [0.717, 1.165) is 12.3 Å². The summed E-state index contributed by atoms with van der Waals surface area (Å²) in [6, 6.07) is 2.56. The predicted molar refractivity (Wildman–Crippen MR) is 106 cm³/mol. The molecule has 4 rings (SSSR count). The Balaban J connectivity index is 1.71. The molecule has 2 fully saturated rings. The van der Waals surface area contributed by atoms with Crippen LogP contribution in [-0.4, -0.2) is 43.6 Å². The Labute approximate surface area is 189 Å². The second-order valence-corrected chi connectivity index (χ2v) is 9.75. The highest BCUT2D eigenvalue weighted by atomic mass is 32.2. The number of nitrogens with one attached hydrogen (secondary N) is 1. The minimum atomic E-state index is -4.87. The van der Waals surface area contributed by atoms with Gasteiger partial charge in [0, 0.05) is 37.2 Å². The van der Waals surface area contributed by atoms with Gasteiger partial charge in [0.05, 0.1) is 16.5 Å². The van der Waals surface area contributed by atoms with Crippen LogP contribution in [0.15, 0.2) is 35.6 Å². The van der Waals surface area contributed by atoms with E-state index in [0.29, 0.717) is 18.7 Å². The molecule has 184 valence electrons. The molecule has 1 aliphatic carbocycles. The Morgan fingerprint density at radius 3 is 2.41 bits per heavy atom. The Hall–Kier alpha value is -2.94. The minimum Gasteiger partial charge on any atom is -0.355 e. The van der Waals surface area contributed by atoms with Crippen molar-refractivity contribution in [1.29, 1.82) is 0 Å². The Bertz CT molecular complexity index is 1250. The number of pyridine rings is 2. The predicted octanol–water partition coefficient (Wildman–Crippen LogP) is 3.17. The number of aromatic nitrogens is 2. The van der Waals surface area contributed by atoms with Gasteiger partial charge in [-0.3, -0.25) is 4.79 Å². The van der Waals surface area contributed by atoms with E-state index in [1.165, 1.54) is 11.0 Å². The largest absolute Gasteiger partial charge is 0.417 e. The van der Waals surface area contributed by atoms with Gasteiger partial charge in [-0.15, -0.1) is 0 Å². The van der Waals surface area contributed by atoms with Crippen LogP contribution in [0.2, 0.25) is 0 Å². The molecule has 1 saturated heterocycles. The Morgan fingerprint density at radius 2 is 1.88 bits per heavy atom. The Kier molecular flexibility index (Phi) is 5.55. The third kappa shape index (κ3) is 4.17. The first-order valence-corrected chi connectivity index (χ1v) is 11.4. The number of anilines is 2. The van der Waals surface area contributed by atoms with Gasteiger partial charge in [-0.1, -0.05) is 0 Å². The van der Waals surface area contributed by atoms with E-state index in [1.54, 1.807) is 0 Å². The van der Waals surface area contributed by atoms with Crippen molar-refractivity contribution in [3.8, 4) is 0 Å². The summed E-state index contributed by atoms with van der Waals surface area (Å²) in [5.74, 6) is -2.21. The van der Waals surface area contributed by atoms with Crippen molar-refractivity contribution in [1.82, 2.24) is 9.97 Å². The molecule has 8 nitrogen and oxygen atoms in total. The van der Waals surface area contributed by atoms with Crippen LogP contribution < -0.4 is 15.4 Å². The first-order valence-electron chi connectivity index (χ1n) is 9.81. The van der Waals surface area contributed by atoms with Gasteiger partial charge in [0.25, 0.3) is 15.9 Å². The van der Waals surface area contributed by atoms with Gasteiger partial charge in [0.15, 0.2) is 5.03 Å². The van der Waals surface area contributed by atoms with Crippen LogP contribution in [0.4, 0.5) is 37.8 Å². The molecule has 3 N–H and O–H groups in total. The molecule has 1 aliphatic heterocycles. The average molecular weight is 509 g/mol. The maximum absolute atomic E-state index is 13.7. The molecule has 2 aliphatic rings. The number of nitrogens with zero attached hydrogens (tertiary/aromatic N) is 3. The molecule has 1 amide bonds. The number of halogens is 6. The van der Waals surface area contributed by atoms with E-state index in [1.807, 2.05) is 0 Å². The molecule has 3 heterocycles. The molecule has 34 heavy (non-hydrogen) atoms. The number of sulfonamides is 1. The number of hydrogen-bond donors (Lipinski definition) is 2. The summed E-state index contributed by atoms with van der Waals surface area (Å²) in [6.07, 6.45) is -7.74. The smallest absolute Gasteiger partial charge is 0.355 e. The number of hydrogen-bond acceptors (Lipinski definition) is 6. The minimum absolute atomic E-state index is 0.118. The normalized spacial score (nSPS) is 22.8. The highest BCUT2D eigenvalue weighted by molar-refractivity contribution is 7.89. The van der Waals surface area contributed by atoms with Crippen LogP contribution in [-0.2, 0) is 16.2 Å². The van der Waals surface area contributed by atoms with Gasteiger partial charge in [-0.25, -0.2) is 23.5 Å². The fraction of sp³-hybridized carbons (Fsp3) is 0.421. The van der Waals surface area contributed by atoms with Gasteiger partial charge in [-0.2, -0.15) is 26.3 Å². The lowest BCUT2D eigenvalue weighted by Crippen LogP contribution is -2.51. The molecule has 0 spiro atoms. The zero-order valence-electron chi connectivity index (χ0n) is 17.1. The standard InChI is InChI=1S/C19H17F6N5O3S/c20-18(21,22)11-5-13(16(31)29-12-2-4-27-14(6-12)34(26,32)33)15(28-7-11)30-8-10-1-3-17(10,9-30)19(23,24)25/h2,4-7,10H,1,3,8-9H2,(H2,26,32,33)(H,27,29,31)/t10-,17-/m1/s1. The maximum Gasteiger partial charge on any atom is 0.417 e. The molecule has 2 atom stereocenters. The lowest BCUT2D eigenvalue weighted by molar-refractivity contribution is -0.258. The van der Waals surface area contributed by atoms with Crippen LogP contribution in [0.25, 0.3) is 0 Å². The van der Waals surface area contributed by atoms with Gasteiger partial charge in [-0.05, 0) is 30.9 Å². The second kappa shape index (κ2) is 7.80. The molecule has 1 saturated carbocycles. The fourth-order valence-electron chi connectivity index (χ4n) is 4.34. The topological polar surface area (TPSA) is 118 Å². The van der Waals surface area contributed by atoms with Gasteiger partial charge >= 0.3 is 12.4 Å². The van der Waals surface area contributed by atoms with E-state index in [-0.39, 0.29) is 24.5 Å². The van der Waals surface area contributed by atoms with Gasteiger partial charge in [0.2, 0.25) is 0 Å². The van der Waals surface area contributed by atoms with Crippen LogP contribution in [0, 0.1) is 11.3 Å². The number of nitrogens with two attached hydrogens (primary N) is 1. The summed E-state index contributed by atoms with van der Waals surface area (Å²) in [7, 11) is -4.24. The second-order valence-electron chi connectivity index (χ2n) is 8.24. The molecule has 0 unspecified atom stereocenters. The van der Waals surface area contributed by atoms with E-state index in [2.05, 4.69) is 15.3 Å². The summed E-state index contributed by atoms with van der Waals surface area (Å²) in [5, 5.41) is 6.62. The zero-order valence-corrected chi connectivity index (χ0v) is 17.9. The molecule has 15 heteroatoms. The number of carbonyl (C=O) groups excluding carboxylic acids is 1. The van der Waals surface area contributed by atoms with Crippen LogP contribution in [0.1, 0.15) is 28.8 Å². The van der Waals surface area contributed by atoms with Crippen LogP contribution in [0.3, 0.4) is 0 Å². The Morgan fingerprint density at radius 1 is 1.18 bits per heavy atom. The summed E-state index contributed by atoms with van der Waals surface area (Å²) in [6.45, 7) is -0.659.